The van der Waals surface area contributed by atoms with Gasteiger partial charge in [0.25, 0.3) is 0 Å². The fraction of sp³-hybridized carbons (Fsp3) is 0.308. The standard InChI is InChI=1S/C13H17NO6S/c1-20-11-5-3-10(4-6-13(16)17)9-12(11)21(18,19)14-7-2-8-15/h3-6,9,14-15H,2,7-8H2,1H3,(H,16,17)/p-1. The predicted octanol–water partition coefficient (Wildman–Crippen LogP) is -0.881. The van der Waals surface area contributed by atoms with Crippen LogP contribution in [0.3, 0.4) is 0 Å². The number of hydrogen-bond donors (Lipinski definition) is 2. The maximum Gasteiger partial charge on any atom is 0.244 e. The molecule has 21 heavy (non-hydrogen) atoms. The van der Waals surface area contributed by atoms with Crippen LogP contribution in [0.25, 0.3) is 6.08 Å². The molecule has 0 atom stereocenters. The van der Waals surface area contributed by atoms with Gasteiger partial charge in [0, 0.05) is 13.2 Å². The molecule has 0 amide bonds. The first kappa shape index (κ1) is 17.2. The predicted molar refractivity (Wildman–Crippen MR) is 73.9 cm³/mol. The molecule has 0 aromatic heterocycles. The van der Waals surface area contributed by atoms with Crippen LogP contribution in [0.5, 0.6) is 5.75 Å². The number of carboxylic acid groups (broad SMARTS) is 1. The summed E-state index contributed by atoms with van der Waals surface area (Å²) < 4.78 is 31.6. The zero-order valence-electron chi connectivity index (χ0n) is 11.4. The zero-order chi connectivity index (χ0) is 15.9. The van der Waals surface area contributed by atoms with Gasteiger partial charge in [-0.05, 0) is 30.2 Å². The first-order valence-electron chi connectivity index (χ1n) is 6.08. The van der Waals surface area contributed by atoms with Gasteiger partial charge in [-0.2, -0.15) is 0 Å². The molecule has 0 spiro atoms. The number of rotatable bonds is 8. The van der Waals surface area contributed by atoms with E-state index in [4.69, 9.17) is 9.84 Å². The molecule has 1 rings (SSSR count). The zero-order valence-corrected chi connectivity index (χ0v) is 12.2. The second-order valence-electron chi connectivity index (χ2n) is 4.04. The van der Waals surface area contributed by atoms with Crippen molar-refractivity contribution in [3.05, 3.63) is 29.8 Å². The monoisotopic (exact) mass is 314 g/mol. The Kier molecular flexibility index (Phi) is 6.35. The largest absolute Gasteiger partial charge is 0.545 e. The van der Waals surface area contributed by atoms with Gasteiger partial charge in [0.1, 0.15) is 10.6 Å². The number of ether oxygens (including phenoxy) is 1. The summed E-state index contributed by atoms with van der Waals surface area (Å²) in [6, 6.07) is 4.24. The van der Waals surface area contributed by atoms with E-state index in [0.29, 0.717) is 5.56 Å². The summed E-state index contributed by atoms with van der Waals surface area (Å²) in [7, 11) is -2.49. The van der Waals surface area contributed by atoms with E-state index < -0.39 is 16.0 Å². The molecule has 0 fully saturated rings. The van der Waals surface area contributed by atoms with E-state index in [0.717, 1.165) is 6.08 Å². The van der Waals surface area contributed by atoms with Gasteiger partial charge in [-0.25, -0.2) is 13.1 Å². The molecule has 7 nitrogen and oxygen atoms in total. The quantitative estimate of drug-likeness (QED) is 0.475. The van der Waals surface area contributed by atoms with Crippen molar-refractivity contribution in [3.8, 4) is 5.75 Å². The number of aliphatic carboxylic acids is 1. The summed E-state index contributed by atoms with van der Waals surface area (Å²) in [4.78, 5) is 10.3. The molecule has 1 aromatic carbocycles. The third kappa shape index (κ3) is 5.18. The molecular weight excluding hydrogens is 298 g/mol. The number of hydrogen-bond acceptors (Lipinski definition) is 6. The fourth-order valence-corrected chi connectivity index (χ4v) is 2.81. The molecule has 2 N–H and O–H groups in total. The Hall–Kier alpha value is -1.90. The van der Waals surface area contributed by atoms with Crippen molar-refractivity contribution >= 4 is 22.1 Å². The summed E-state index contributed by atoms with van der Waals surface area (Å²) in [6.07, 6.45) is 2.31. The van der Waals surface area contributed by atoms with Crippen LogP contribution < -0.4 is 14.6 Å². The number of sulfonamides is 1. The lowest BCUT2D eigenvalue weighted by Crippen LogP contribution is -2.25. The van der Waals surface area contributed by atoms with Gasteiger partial charge in [0.15, 0.2) is 0 Å². The molecule has 0 unspecified atom stereocenters. The fourth-order valence-electron chi connectivity index (χ4n) is 1.53. The summed E-state index contributed by atoms with van der Waals surface area (Å²) in [5, 5.41) is 19.0. The second-order valence-corrected chi connectivity index (χ2v) is 5.77. The lowest BCUT2D eigenvalue weighted by atomic mass is 10.2. The first-order chi connectivity index (χ1) is 9.90. The number of aliphatic hydroxyl groups excluding tert-OH is 1. The van der Waals surface area contributed by atoms with Gasteiger partial charge in [0.05, 0.1) is 13.1 Å². The molecule has 0 aliphatic rings. The molecule has 8 heteroatoms. The molecule has 0 saturated carbocycles. The Morgan fingerprint density at radius 1 is 1.48 bits per heavy atom. The maximum atomic E-state index is 12.2. The molecule has 116 valence electrons. The summed E-state index contributed by atoms with van der Waals surface area (Å²) >= 11 is 0. The highest BCUT2D eigenvalue weighted by Gasteiger charge is 2.19. The Morgan fingerprint density at radius 3 is 2.76 bits per heavy atom. The van der Waals surface area contributed by atoms with Crippen LogP contribution in [0.4, 0.5) is 0 Å². The lowest BCUT2D eigenvalue weighted by Gasteiger charge is -2.11. The van der Waals surface area contributed by atoms with Gasteiger partial charge >= 0.3 is 0 Å². The van der Waals surface area contributed by atoms with Crippen molar-refractivity contribution < 1.29 is 28.2 Å². The number of carbonyl (C=O) groups excluding carboxylic acids is 1. The second kappa shape index (κ2) is 7.77. The minimum Gasteiger partial charge on any atom is -0.545 e. The molecular formula is C13H16NO6S-. The van der Waals surface area contributed by atoms with E-state index in [2.05, 4.69) is 4.72 Å². The number of methoxy groups -OCH3 is 1. The molecule has 0 aliphatic heterocycles. The SMILES string of the molecule is COc1ccc(C=CC(=O)[O-])cc1S(=O)(=O)NCCCO. The highest BCUT2D eigenvalue weighted by Crippen LogP contribution is 2.25. The van der Waals surface area contributed by atoms with Crippen molar-refractivity contribution in [1.82, 2.24) is 4.72 Å². The number of aliphatic hydroxyl groups is 1. The molecule has 0 radical (unpaired) electrons. The summed E-state index contributed by atoms with van der Waals surface area (Å²) in [5.41, 5.74) is 0.377. The highest BCUT2D eigenvalue weighted by atomic mass is 32.2. The molecule has 0 bridgehead atoms. The van der Waals surface area contributed by atoms with E-state index >= 15 is 0 Å². The van der Waals surface area contributed by atoms with Crippen LogP contribution >= 0.6 is 0 Å². The van der Waals surface area contributed by atoms with E-state index in [9.17, 15) is 18.3 Å². The topological polar surface area (TPSA) is 116 Å². The van der Waals surface area contributed by atoms with Crippen molar-refractivity contribution in [2.45, 2.75) is 11.3 Å². The third-order valence-electron chi connectivity index (χ3n) is 2.52. The molecule has 0 heterocycles. The van der Waals surface area contributed by atoms with Crippen LogP contribution in [0, 0.1) is 0 Å². The number of carboxylic acids is 1. The van der Waals surface area contributed by atoms with Crippen molar-refractivity contribution in [1.29, 1.82) is 0 Å². The van der Waals surface area contributed by atoms with E-state index in [1.54, 1.807) is 0 Å². The van der Waals surface area contributed by atoms with Crippen molar-refractivity contribution in [3.63, 3.8) is 0 Å². The Bertz CT molecular complexity index is 624. The van der Waals surface area contributed by atoms with Crippen LogP contribution in [0.2, 0.25) is 0 Å². The summed E-state index contributed by atoms with van der Waals surface area (Å²) in [6.45, 7) is -0.0465. The number of carbonyl (C=O) groups is 1. The van der Waals surface area contributed by atoms with Crippen LogP contribution in [-0.4, -0.2) is 39.8 Å². The smallest absolute Gasteiger partial charge is 0.244 e. The van der Waals surface area contributed by atoms with Crippen molar-refractivity contribution in [2.75, 3.05) is 20.3 Å². The van der Waals surface area contributed by atoms with Gasteiger partial charge in [-0.15, -0.1) is 0 Å². The minimum atomic E-state index is -3.82. The molecule has 1 aromatic rings. The average Bonchev–Trinajstić information content (AvgIpc) is 2.45. The number of benzene rings is 1. The van der Waals surface area contributed by atoms with E-state index in [-0.39, 0.29) is 30.2 Å². The Morgan fingerprint density at radius 2 is 2.19 bits per heavy atom. The van der Waals surface area contributed by atoms with Gasteiger partial charge in [0.2, 0.25) is 10.0 Å². The van der Waals surface area contributed by atoms with E-state index in [1.165, 1.54) is 31.4 Å². The van der Waals surface area contributed by atoms with Gasteiger partial charge in [-0.3, -0.25) is 0 Å². The van der Waals surface area contributed by atoms with Gasteiger partial charge < -0.3 is 19.7 Å². The first-order valence-corrected chi connectivity index (χ1v) is 7.56. The molecule has 0 aliphatic carbocycles. The summed E-state index contributed by atoms with van der Waals surface area (Å²) in [5.74, 6) is -1.24. The lowest BCUT2D eigenvalue weighted by molar-refractivity contribution is -0.297. The molecule has 0 saturated heterocycles. The van der Waals surface area contributed by atoms with E-state index in [1.807, 2.05) is 0 Å². The average molecular weight is 314 g/mol. The van der Waals surface area contributed by atoms with Crippen LogP contribution in [0.15, 0.2) is 29.2 Å². The Labute approximate surface area is 122 Å². The third-order valence-corrected chi connectivity index (χ3v) is 4.00. The van der Waals surface area contributed by atoms with Crippen LogP contribution in [0.1, 0.15) is 12.0 Å². The normalized spacial score (nSPS) is 11.7. The highest BCUT2D eigenvalue weighted by molar-refractivity contribution is 7.89. The number of nitrogens with one attached hydrogen (secondary N) is 1. The maximum absolute atomic E-state index is 12.2. The van der Waals surface area contributed by atoms with Crippen molar-refractivity contribution in [2.24, 2.45) is 0 Å². The Balaban J connectivity index is 3.13. The van der Waals surface area contributed by atoms with Crippen LogP contribution in [-0.2, 0) is 14.8 Å². The minimum absolute atomic E-state index is 0.0844. The van der Waals surface area contributed by atoms with Gasteiger partial charge in [-0.1, -0.05) is 12.1 Å².